The highest BCUT2D eigenvalue weighted by Crippen LogP contribution is 2.36. The molecule has 1 aliphatic heterocycles. The molecule has 0 fully saturated rings. The van der Waals surface area contributed by atoms with Crippen LogP contribution in [0.25, 0.3) is 0 Å². The summed E-state index contributed by atoms with van der Waals surface area (Å²) in [7, 11) is 0. The summed E-state index contributed by atoms with van der Waals surface area (Å²) in [5, 5.41) is 1.76. The fourth-order valence-electron chi connectivity index (χ4n) is 1.35. The monoisotopic (exact) mass is 218 g/mol. The van der Waals surface area contributed by atoms with Crippen LogP contribution in [0.3, 0.4) is 0 Å². The van der Waals surface area contributed by atoms with Crippen molar-refractivity contribution in [2.24, 2.45) is 0 Å². The van der Waals surface area contributed by atoms with Gasteiger partial charge in [-0.1, -0.05) is 11.6 Å². The number of aromatic nitrogens is 1. The summed E-state index contributed by atoms with van der Waals surface area (Å²) in [5.74, 6) is -3.69. The molecular weight excluding hydrogens is 214 g/mol. The van der Waals surface area contributed by atoms with E-state index in [9.17, 15) is 13.6 Å². The summed E-state index contributed by atoms with van der Waals surface area (Å²) in [6, 6.07) is 1.23. The van der Waals surface area contributed by atoms with Crippen molar-refractivity contribution in [2.75, 3.05) is 6.54 Å². The highest BCUT2D eigenvalue weighted by molar-refractivity contribution is 6.30. The van der Waals surface area contributed by atoms with E-state index in [1.54, 1.807) is 0 Å². The van der Waals surface area contributed by atoms with Gasteiger partial charge in [0.05, 0.1) is 17.7 Å². The molecule has 6 heteroatoms. The maximum absolute atomic E-state index is 13.3. The summed E-state index contributed by atoms with van der Waals surface area (Å²) in [5.41, 5.74) is -0.591. The van der Waals surface area contributed by atoms with Crippen LogP contribution in [0, 0.1) is 0 Å². The van der Waals surface area contributed by atoms with Crippen molar-refractivity contribution < 1.29 is 13.6 Å². The molecule has 14 heavy (non-hydrogen) atoms. The molecule has 0 unspecified atom stereocenters. The lowest BCUT2D eigenvalue weighted by Crippen LogP contribution is -2.42. The van der Waals surface area contributed by atoms with Gasteiger partial charge in [-0.25, -0.2) is 4.98 Å². The van der Waals surface area contributed by atoms with Crippen molar-refractivity contribution in [3.05, 3.63) is 28.5 Å². The molecule has 1 aliphatic rings. The molecule has 0 aliphatic carbocycles. The Balaban J connectivity index is 2.70. The second-order valence-electron chi connectivity index (χ2n) is 2.91. The third kappa shape index (κ3) is 1.24. The third-order valence-corrected chi connectivity index (χ3v) is 2.27. The van der Waals surface area contributed by atoms with E-state index in [1.807, 2.05) is 0 Å². The topological polar surface area (TPSA) is 42.0 Å². The van der Waals surface area contributed by atoms with Gasteiger partial charge in [0.2, 0.25) is 0 Å². The number of pyridine rings is 1. The molecule has 0 aromatic carbocycles. The highest BCUT2D eigenvalue weighted by Gasteiger charge is 2.42. The molecule has 0 spiro atoms. The minimum atomic E-state index is -3.14. The van der Waals surface area contributed by atoms with Gasteiger partial charge >= 0.3 is 0 Å². The quantitative estimate of drug-likeness (QED) is 0.672. The minimum absolute atomic E-state index is 0.110. The summed E-state index contributed by atoms with van der Waals surface area (Å²) >= 11 is 5.52. The SMILES string of the molecule is O=C1NCC(F)(F)c2c1ccnc2Cl. The van der Waals surface area contributed by atoms with Crippen molar-refractivity contribution in [3.63, 3.8) is 0 Å². The van der Waals surface area contributed by atoms with E-state index in [4.69, 9.17) is 11.6 Å². The lowest BCUT2D eigenvalue weighted by atomic mass is 10.00. The number of halogens is 3. The fourth-order valence-corrected chi connectivity index (χ4v) is 1.64. The van der Waals surface area contributed by atoms with Crippen LogP contribution < -0.4 is 5.32 Å². The first-order valence-corrected chi connectivity index (χ1v) is 4.21. The van der Waals surface area contributed by atoms with E-state index in [0.29, 0.717) is 0 Å². The van der Waals surface area contributed by atoms with Crippen LogP contribution in [0.15, 0.2) is 12.3 Å². The summed E-state index contributed by atoms with van der Waals surface area (Å²) in [6.45, 7) is -0.732. The number of alkyl halides is 2. The number of hydrogen-bond acceptors (Lipinski definition) is 2. The largest absolute Gasteiger partial charge is 0.346 e. The molecule has 0 saturated heterocycles. The minimum Gasteiger partial charge on any atom is -0.346 e. The zero-order valence-corrected chi connectivity index (χ0v) is 7.61. The molecule has 1 aromatic rings. The molecule has 2 rings (SSSR count). The van der Waals surface area contributed by atoms with Gasteiger partial charge in [-0.15, -0.1) is 0 Å². The Labute approximate surface area is 83.1 Å². The zero-order chi connectivity index (χ0) is 10.3. The van der Waals surface area contributed by atoms with Gasteiger partial charge < -0.3 is 5.32 Å². The van der Waals surface area contributed by atoms with Crippen LogP contribution >= 0.6 is 11.6 Å². The normalized spacial score (nSPS) is 18.6. The molecule has 0 saturated carbocycles. The van der Waals surface area contributed by atoms with Gasteiger partial charge in [-0.05, 0) is 6.07 Å². The van der Waals surface area contributed by atoms with Crippen LogP contribution in [-0.2, 0) is 5.92 Å². The molecule has 3 nitrogen and oxygen atoms in total. The van der Waals surface area contributed by atoms with E-state index in [0.717, 1.165) is 0 Å². The maximum atomic E-state index is 13.3. The Morgan fingerprint density at radius 1 is 1.57 bits per heavy atom. The summed E-state index contributed by atoms with van der Waals surface area (Å²) in [4.78, 5) is 14.7. The third-order valence-electron chi connectivity index (χ3n) is 1.99. The lowest BCUT2D eigenvalue weighted by molar-refractivity contribution is -0.00860. The van der Waals surface area contributed by atoms with Crippen LogP contribution in [0.1, 0.15) is 15.9 Å². The van der Waals surface area contributed by atoms with E-state index in [-0.39, 0.29) is 10.7 Å². The average Bonchev–Trinajstić information content (AvgIpc) is 2.12. The van der Waals surface area contributed by atoms with Gasteiger partial charge in [-0.3, -0.25) is 4.79 Å². The van der Waals surface area contributed by atoms with E-state index < -0.39 is 23.9 Å². The predicted molar refractivity (Wildman–Crippen MR) is 45.5 cm³/mol. The fraction of sp³-hybridized carbons (Fsp3) is 0.250. The molecular formula is C8H5ClF2N2O. The Morgan fingerprint density at radius 3 is 2.93 bits per heavy atom. The highest BCUT2D eigenvalue weighted by atomic mass is 35.5. The number of amides is 1. The Hall–Kier alpha value is -1.23. The average molecular weight is 219 g/mol. The maximum Gasteiger partial charge on any atom is 0.293 e. The molecule has 0 radical (unpaired) electrons. The molecule has 0 bridgehead atoms. The molecule has 1 aromatic heterocycles. The van der Waals surface area contributed by atoms with Gasteiger partial charge in [0.15, 0.2) is 0 Å². The molecule has 0 atom stereocenters. The second kappa shape index (κ2) is 2.88. The number of nitrogens with one attached hydrogen (secondary N) is 1. The number of nitrogens with zero attached hydrogens (tertiary/aromatic N) is 1. The molecule has 1 amide bonds. The van der Waals surface area contributed by atoms with Gasteiger partial charge in [0.25, 0.3) is 11.8 Å². The van der Waals surface area contributed by atoms with E-state index in [1.165, 1.54) is 12.3 Å². The predicted octanol–water partition coefficient (Wildman–Crippen LogP) is 1.57. The van der Waals surface area contributed by atoms with Crippen molar-refractivity contribution >= 4 is 17.5 Å². The van der Waals surface area contributed by atoms with Crippen molar-refractivity contribution in [1.29, 1.82) is 0 Å². The standard InChI is InChI=1S/C8H5ClF2N2O/c9-6-5-4(1-2-12-6)7(14)13-3-8(5,10)11/h1-2H,3H2,(H,13,14). The summed E-state index contributed by atoms with van der Waals surface area (Å²) in [6.07, 6.45) is 1.22. The van der Waals surface area contributed by atoms with Crippen LogP contribution in [0.2, 0.25) is 5.15 Å². The first-order valence-electron chi connectivity index (χ1n) is 3.83. The number of fused-ring (bicyclic) bond motifs is 1. The Kier molecular flexibility index (Phi) is 1.92. The van der Waals surface area contributed by atoms with Gasteiger partial charge in [0.1, 0.15) is 5.15 Å². The van der Waals surface area contributed by atoms with Crippen LogP contribution in [0.5, 0.6) is 0 Å². The summed E-state index contributed by atoms with van der Waals surface area (Å²) < 4.78 is 26.6. The van der Waals surface area contributed by atoms with Gasteiger partial charge in [0, 0.05) is 6.20 Å². The van der Waals surface area contributed by atoms with E-state index in [2.05, 4.69) is 10.3 Å². The number of rotatable bonds is 0. The molecule has 74 valence electrons. The lowest BCUT2D eigenvalue weighted by Gasteiger charge is -2.25. The molecule has 1 N–H and O–H groups in total. The van der Waals surface area contributed by atoms with Crippen molar-refractivity contribution in [2.45, 2.75) is 5.92 Å². The number of carbonyl (C=O) groups is 1. The zero-order valence-electron chi connectivity index (χ0n) is 6.85. The number of hydrogen-bond donors (Lipinski definition) is 1. The van der Waals surface area contributed by atoms with E-state index >= 15 is 0 Å². The van der Waals surface area contributed by atoms with Crippen LogP contribution in [0.4, 0.5) is 8.78 Å². The first kappa shape index (κ1) is 9.33. The van der Waals surface area contributed by atoms with Gasteiger partial charge in [-0.2, -0.15) is 8.78 Å². The smallest absolute Gasteiger partial charge is 0.293 e. The van der Waals surface area contributed by atoms with Crippen molar-refractivity contribution in [3.8, 4) is 0 Å². The molecule has 2 heterocycles. The second-order valence-corrected chi connectivity index (χ2v) is 3.27. The number of carbonyl (C=O) groups excluding carboxylic acids is 1. The Morgan fingerprint density at radius 2 is 2.29 bits per heavy atom. The Bertz CT molecular complexity index is 408. The first-order chi connectivity index (χ1) is 6.52. The van der Waals surface area contributed by atoms with Crippen LogP contribution in [-0.4, -0.2) is 17.4 Å². The van der Waals surface area contributed by atoms with Crippen molar-refractivity contribution in [1.82, 2.24) is 10.3 Å².